The maximum Gasteiger partial charge on any atom is 0.101 e. The van der Waals surface area contributed by atoms with E-state index in [0.717, 1.165) is 21.4 Å². The van der Waals surface area contributed by atoms with Gasteiger partial charge < -0.3 is 4.98 Å². The molecule has 0 amide bonds. The number of fused-ring (bicyclic) bond motifs is 1. The molecule has 0 aliphatic heterocycles. The fraction of sp³-hybridized carbons (Fsp3) is 0.182. The van der Waals surface area contributed by atoms with Crippen molar-refractivity contribution in [3.8, 4) is 6.07 Å². The van der Waals surface area contributed by atoms with Crippen LogP contribution in [-0.4, -0.2) is 11.2 Å². The van der Waals surface area contributed by atoms with Crippen molar-refractivity contribution in [3.05, 3.63) is 29.5 Å². The Hall–Kier alpha value is -1.40. The molecule has 2 rings (SSSR count). The zero-order valence-electron chi connectivity index (χ0n) is 8.09. The summed E-state index contributed by atoms with van der Waals surface area (Å²) in [6.45, 7) is 2.06. The summed E-state index contributed by atoms with van der Waals surface area (Å²) in [6.07, 6.45) is 3.87. The molecule has 0 radical (unpaired) electrons. The predicted molar refractivity (Wildman–Crippen MR) is 59.5 cm³/mol. The van der Waals surface area contributed by atoms with Crippen LogP contribution in [0.2, 0.25) is 0 Å². The molecule has 0 fully saturated rings. The first kappa shape index (κ1) is 9.17. The molecule has 0 unspecified atom stereocenters. The SMILES string of the molecule is CSc1cc(C)c2[nH]ccc2c1C#N. The van der Waals surface area contributed by atoms with Gasteiger partial charge in [0.2, 0.25) is 0 Å². The minimum atomic E-state index is 0.777. The van der Waals surface area contributed by atoms with Crippen molar-refractivity contribution in [2.24, 2.45) is 0 Å². The van der Waals surface area contributed by atoms with Crippen LogP contribution in [0.5, 0.6) is 0 Å². The van der Waals surface area contributed by atoms with E-state index < -0.39 is 0 Å². The molecule has 0 spiro atoms. The molecule has 1 aromatic heterocycles. The zero-order valence-corrected chi connectivity index (χ0v) is 8.90. The van der Waals surface area contributed by atoms with Crippen LogP contribution in [-0.2, 0) is 0 Å². The van der Waals surface area contributed by atoms with Crippen LogP contribution in [0.3, 0.4) is 0 Å². The Morgan fingerprint density at radius 2 is 2.29 bits per heavy atom. The summed E-state index contributed by atoms with van der Waals surface area (Å²) in [6, 6.07) is 6.28. The third-order valence-corrected chi connectivity index (χ3v) is 3.10. The Balaban J connectivity index is 2.91. The lowest BCUT2D eigenvalue weighted by molar-refractivity contribution is 1.34. The fourth-order valence-corrected chi connectivity index (χ4v) is 2.31. The van der Waals surface area contributed by atoms with Crippen molar-refractivity contribution in [2.45, 2.75) is 11.8 Å². The molecule has 0 aliphatic rings. The molecule has 3 heteroatoms. The number of nitrogens with one attached hydrogen (secondary N) is 1. The van der Waals surface area contributed by atoms with E-state index in [9.17, 15) is 0 Å². The number of nitriles is 1. The van der Waals surface area contributed by atoms with Crippen LogP contribution in [0, 0.1) is 18.3 Å². The van der Waals surface area contributed by atoms with Crippen molar-refractivity contribution in [1.82, 2.24) is 4.98 Å². The second kappa shape index (κ2) is 3.39. The number of hydrogen-bond donors (Lipinski definition) is 1. The molecule has 0 saturated carbocycles. The molecule has 14 heavy (non-hydrogen) atoms. The highest BCUT2D eigenvalue weighted by molar-refractivity contribution is 7.98. The van der Waals surface area contributed by atoms with E-state index in [-0.39, 0.29) is 0 Å². The maximum absolute atomic E-state index is 9.08. The number of H-pyrrole nitrogens is 1. The van der Waals surface area contributed by atoms with Gasteiger partial charge in [0.1, 0.15) is 6.07 Å². The van der Waals surface area contributed by atoms with E-state index in [2.05, 4.69) is 24.0 Å². The molecule has 0 atom stereocenters. The van der Waals surface area contributed by atoms with E-state index in [1.807, 2.05) is 18.5 Å². The highest BCUT2D eigenvalue weighted by atomic mass is 32.2. The molecule has 1 aromatic carbocycles. The number of aryl methyl sites for hydroxylation is 1. The van der Waals surface area contributed by atoms with Gasteiger partial charge in [0, 0.05) is 22.0 Å². The van der Waals surface area contributed by atoms with Crippen molar-refractivity contribution in [1.29, 1.82) is 5.26 Å². The van der Waals surface area contributed by atoms with Crippen LogP contribution in [0.15, 0.2) is 23.2 Å². The average Bonchev–Trinajstić information content (AvgIpc) is 2.66. The molecule has 0 aliphatic carbocycles. The van der Waals surface area contributed by atoms with Gasteiger partial charge in [-0.05, 0) is 30.9 Å². The molecule has 0 saturated heterocycles. The minimum Gasteiger partial charge on any atom is -0.361 e. The summed E-state index contributed by atoms with van der Waals surface area (Å²) >= 11 is 1.62. The first-order chi connectivity index (χ1) is 6.77. The Bertz CT molecular complexity index is 520. The number of nitrogens with zero attached hydrogens (tertiary/aromatic N) is 1. The van der Waals surface area contributed by atoms with Crippen molar-refractivity contribution < 1.29 is 0 Å². The summed E-state index contributed by atoms with van der Waals surface area (Å²) in [7, 11) is 0. The van der Waals surface area contributed by atoms with Crippen LogP contribution < -0.4 is 0 Å². The maximum atomic E-state index is 9.08. The largest absolute Gasteiger partial charge is 0.361 e. The second-order valence-electron chi connectivity index (χ2n) is 3.15. The number of hydrogen-bond acceptors (Lipinski definition) is 2. The molecular weight excluding hydrogens is 192 g/mol. The van der Waals surface area contributed by atoms with E-state index in [4.69, 9.17) is 5.26 Å². The zero-order chi connectivity index (χ0) is 10.1. The van der Waals surface area contributed by atoms with Crippen molar-refractivity contribution >= 4 is 22.7 Å². The number of benzene rings is 1. The standard InChI is InChI=1S/C11H10N2S/c1-7-5-10(14-2)9(6-12)8-3-4-13-11(7)8/h3-5,13H,1-2H3. The lowest BCUT2D eigenvalue weighted by atomic mass is 10.1. The number of aromatic amines is 1. The summed E-state index contributed by atoms with van der Waals surface area (Å²) in [4.78, 5) is 4.21. The summed E-state index contributed by atoms with van der Waals surface area (Å²) in [5.74, 6) is 0. The van der Waals surface area contributed by atoms with Gasteiger partial charge in [-0.15, -0.1) is 11.8 Å². The van der Waals surface area contributed by atoms with Gasteiger partial charge >= 0.3 is 0 Å². The first-order valence-electron chi connectivity index (χ1n) is 4.32. The normalized spacial score (nSPS) is 10.4. The molecule has 1 heterocycles. The van der Waals surface area contributed by atoms with Crippen LogP contribution in [0.4, 0.5) is 0 Å². The molecule has 70 valence electrons. The third-order valence-electron chi connectivity index (χ3n) is 2.34. The van der Waals surface area contributed by atoms with Gasteiger partial charge in [-0.1, -0.05) is 0 Å². The van der Waals surface area contributed by atoms with Gasteiger partial charge in [-0.25, -0.2) is 0 Å². The summed E-state index contributed by atoms with van der Waals surface area (Å²) in [5.41, 5.74) is 3.03. The van der Waals surface area contributed by atoms with E-state index >= 15 is 0 Å². The Morgan fingerprint density at radius 1 is 1.50 bits per heavy atom. The van der Waals surface area contributed by atoms with Gasteiger partial charge in [0.05, 0.1) is 5.56 Å². The fourth-order valence-electron chi connectivity index (χ4n) is 1.65. The second-order valence-corrected chi connectivity index (χ2v) is 4.00. The summed E-state index contributed by atoms with van der Waals surface area (Å²) in [5, 5.41) is 10.1. The van der Waals surface area contributed by atoms with Crippen molar-refractivity contribution in [2.75, 3.05) is 6.26 Å². The monoisotopic (exact) mass is 202 g/mol. The van der Waals surface area contributed by atoms with Gasteiger partial charge in [-0.3, -0.25) is 0 Å². The summed E-state index contributed by atoms with van der Waals surface area (Å²) < 4.78 is 0. The molecule has 1 N–H and O–H groups in total. The Labute approximate surface area is 86.9 Å². The van der Waals surface area contributed by atoms with E-state index in [1.165, 1.54) is 5.56 Å². The van der Waals surface area contributed by atoms with E-state index in [0.29, 0.717) is 0 Å². The Morgan fingerprint density at radius 3 is 2.93 bits per heavy atom. The van der Waals surface area contributed by atoms with Crippen molar-refractivity contribution in [3.63, 3.8) is 0 Å². The number of rotatable bonds is 1. The first-order valence-corrected chi connectivity index (χ1v) is 5.55. The quantitative estimate of drug-likeness (QED) is 0.722. The van der Waals surface area contributed by atoms with Crippen LogP contribution in [0.1, 0.15) is 11.1 Å². The highest BCUT2D eigenvalue weighted by Crippen LogP contribution is 2.29. The van der Waals surface area contributed by atoms with E-state index in [1.54, 1.807) is 11.8 Å². The van der Waals surface area contributed by atoms with Gasteiger partial charge in [0.25, 0.3) is 0 Å². The lowest BCUT2D eigenvalue weighted by Crippen LogP contribution is -1.85. The molecule has 0 bridgehead atoms. The van der Waals surface area contributed by atoms with Gasteiger partial charge in [0.15, 0.2) is 0 Å². The highest BCUT2D eigenvalue weighted by Gasteiger charge is 2.09. The third kappa shape index (κ3) is 1.19. The molecular formula is C11H10N2S. The predicted octanol–water partition coefficient (Wildman–Crippen LogP) is 3.07. The van der Waals surface area contributed by atoms with Gasteiger partial charge in [-0.2, -0.15) is 5.26 Å². The lowest BCUT2D eigenvalue weighted by Gasteiger charge is -2.04. The van der Waals surface area contributed by atoms with Crippen LogP contribution in [0.25, 0.3) is 10.9 Å². The molecule has 2 aromatic rings. The smallest absolute Gasteiger partial charge is 0.101 e. The molecule has 2 nitrogen and oxygen atoms in total. The Kier molecular flexibility index (Phi) is 2.22. The number of aromatic nitrogens is 1. The van der Waals surface area contributed by atoms with Crippen LogP contribution >= 0.6 is 11.8 Å². The topological polar surface area (TPSA) is 39.6 Å². The number of thioether (sulfide) groups is 1. The minimum absolute atomic E-state index is 0.777. The average molecular weight is 202 g/mol.